The average Bonchev–Trinajstić information content (AvgIpc) is 2.71. The van der Waals surface area contributed by atoms with Crippen molar-refractivity contribution < 1.29 is 9.53 Å². The Kier molecular flexibility index (Phi) is 6.32. The molecule has 3 aromatic rings. The number of aromatic nitrogens is 1. The Morgan fingerprint density at radius 3 is 2.54 bits per heavy atom. The van der Waals surface area contributed by atoms with Crippen LogP contribution in [0.25, 0.3) is 0 Å². The molecule has 0 aliphatic rings. The summed E-state index contributed by atoms with van der Waals surface area (Å²) in [6.07, 6.45) is 0.989. The van der Waals surface area contributed by atoms with E-state index in [0.717, 1.165) is 16.7 Å². The molecule has 0 aliphatic carbocycles. The molecule has 2 aromatic carbocycles. The first-order valence-corrected chi connectivity index (χ1v) is 9.54. The molecular formula is C23H23ClN2O2. The fourth-order valence-electron chi connectivity index (χ4n) is 2.89. The van der Waals surface area contributed by atoms with Crippen molar-refractivity contribution in [2.45, 2.75) is 33.4 Å². The highest BCUT2D eigenvalue weighted by molar-refractivity contribution is 6.31. The zero-order valence-corrected chi connectivity index (χ0v) is 17.0. The second-order valence-corrected chi connectivity index (χ2v) is 7.07. The van der Waals surface area contributed by atoms with Crippen LogP contribution < -0.4 is 9.64 Å². The van der Waals surface area contributed by atoms with Gasteiger partial charge in [-0.25, -0.2) is 4.98 Å². The number of carbonyl (C=O) groups excluding carboxylic acids is 1. The summed E-state index contributed by atoms with van der Waals surface area (Å²) in [6, 6.07) is 18.8. The van der Waals surface area contributed by atoms with Crippen LogP contribution in [0.3, 0.4) is 0 Å². The Bertz CT molecular complexity index is 960. The predicted molar refractivity (Wildman–Crippen MR) is 113 cm³/mol. The quantitative estimate of drug-likeness (QED) is 0.565. The van der Waals surface area contributed by atoms with Gasteiger partial charge in [0.2, 0.25) is 0 Å². The number of rotatable bonds is 6. The topological polar surface area (TPSA) is 42.4 Å². The molecule has 0 fully saturated rings. The van der Waals surface area contributed by atoms with Gasteiger partial charge in [-0.2, -0.15) is 0 Å². The highest BCUT2D eigenvalue weighted by Crippen LogP contribution is 2.24. The molecule has 0 aliphatic heterocycles. The number of hydrogen-bond donors (Lipinski definition) is 0. The van der Waals surface area contributed by atoms with Gasteiger partial charge in [-0.05, 0) is 61.7 Å². The van der Waals surface area contributed by atoms with Crippen molar-refractivity contribution in [1.29, 1.82) is 0 Å². The van der Waals surface area contributed by atoms with E-state index in [1.165, 1.54) is 0 Å². The molecule has 144 valence electrons. The number of amides is 1. The van der Waals surface area contributed by atoms with Crippen molar-refractivity contribution >= 4 is 23.3 Å². The maximum absolute atomic E-state index is 13.3. The van der Waals surface area contributed by atoms with Gasteiger partial charge in [-0.3, -0.25) is 9.69 Å². The molecule has 28 heavy (non-hydrogen) atoms. The molecule has 1 aromatic heterocycles. The Hall–Kier alpha value is -2.85. The molecule has 0 bridgehead atoms. The lowest BCUT2D eigenvalue weighted by Crippen LogP contribution is -2.40. The summed E-state index contributed by atoms with van der Waals surface area (Å²) in [5.41, 5.74) is 2.99. The normalized spacial score (nSPS) is 11.7. The van der Waals surface area contributed by atoms with Crippen LogP contribution in [0.15, 0.2) is 66.9 Å². The molecule has 1 atom stereocenters. The number of halogens is 1. The van der Waals surface area contributed by atoms with E-state index in [9.17, 15) is 4.79 Å². The minimum absolute atomic E-state index is 0.181. The van der Waals surface area contributed by atoms with E-state index in [-0.39, 0.29) is 5.91 Å². The molecule has 5 heteroatoms. The third-order valence-corrected chi connectivity index (χ3v) is 5.05. The molecule has 1 amide bonds. The van der Waals surface area contributed by atoms with Gasteiger partial charge < -0.3 is 4.74 Å². The summed E-state index contributed by atoms with van der Waals surface area (Å²) in [6.45, 7) is 6.08. The Morgan fingerprint density at radius 2 is 1.82 bits per heavy atom. The summed E-state index contributed by atoms with van der Waals surface area (Å²) in [5, 5.41) is 0.610. The zero-order valence-electron chi connectivity index (χ0n) is 16.2. The van der Waals surface area contributed by atoms with E-state index >= 15 is 0 Å². The van der Waals surface area contributed by atoms with Gasteiger partial charge in [0.25, 0.3) is 5.91 Å². The lowest BCUT2D eigenvalue weighted by molar-refractivity contribution is -0.124. The van der Waals surface area contributed by atoms with Gasteiger partial charge in [0.1, 0.15) is 11.6 Å². The van der Waals surface area contributed by atoms with Gasteiger partial charge in [0.15, 0.2) is 6.10 Å². The van der Waals surface area contributed by atoms with Crippen molar-refractivity contribution in [3.05, 3.63) is 88.6 Å². The predicted octanol–water partition coefficient (Wildman–Crippen LogP) is 5.35. The zero-order chi connectivity index (χ0) is 20.1. The summed E-state index contributed by atoms with van der Waals surface area (Å²) in [4.78, 5) is 19.2. The number of pyridine rings is 1. The second-order valence-electron chi connectivity index (χ2n) is 6.66. The van der Waals surface area contributed by atoms with Gasteiger partial charge in [-0.1, -0.05) is 48.0 Å². The van der Waals surface area contributed by atoms with E-state index in [1.54, 1.807) is 24.1 Å². The molecule has 1 heterocycles. The van der Waals surface area contributed by atoms with Crippen LogP contribution in [-0.4, -0.2) is 17.0 Å². The number of nitrogens with zero attached hydrogens (tertiary/aromatic N) is 2. The second kappa shape index (κ2) is 8.89. The van der Waals surface area contributed by atoms with E-state index < -0.39 is 6.10 Å². The molecule has 0 N–H and O–H groups in total. The minimum Gasteiger partial charge on any atom is -0.481 e. The van der Waals surface area contributed by atoms with E-state index in [4.69, 9.17) is 16.3 Å². The first-order valence-electron chi connectivity index (χ1n) is 9.16. The molecule has 0 saturated carbocycles. The molecule has 3 rings (SSSR count). The van der Waals surface area contributed by atoms with Crippen LogP contribution in [0, 0.1) is 13.8 Å². The first-order chi connectivity index (χ1) is 13.5. The maximum Gasteiger partial charge on any atom is 0.269 e. The number of hydrogen-bond acceptors (Lipinski definition) is 3. The van der Waals surface area contributed by atoms with Crippen LogP contribution >= 0.6 is 11.6 Å². The highest BCUT2D eigenvalue weighted by atomic mass is 35.5. The third-order valence-electron chi connectivity index (χ3n) is 4.68. The SMILES string of the molecule is Cc1cccc(O[C@@H](C)C(=O)N(Cc2ccccc2Cl)c2ccccn2)c1C. The van der Waals surface area contributed by atoms with Gasteiger partial charge in [-0.15, -0.1) is 0 Å². The van der Waals surface area contributed by atoms with E-state index in [0.29, 0.717) is 23.1 Å². The maximum atomic E-state index is 13.3. The van der Waals surface area contributed by atoms with Crippen molar-refractivity contribution in [3.63, 3.8) is 0 Å². The third kappa shape index (κ3) is 4.52. The largest absolute Gasteiger partial charge is 0.481 e. The van der Waals surface area contributed by atoms with Crippen LogP contribution in [0.2, 0.25) is 5.02 Å². The highest BCUT2D eigenvalue weighted by Gasteiger charge is 2.25. The fraction of sp³-hybridized carbons (Fsp3) is 0.217. The van der Waals surface area contributed by atoms with E-state index in [2.05, 4.69) is 4.98 Å². The van der Waals surface area contributed by atoms with Crippen molar-refractivity contribution in [2.24, 2.45) is 0 Å². The Morgan fingerprint density at radius 1 is 1.07 bits per heavy atom. The Labute approximate surface area is 170 Å². The smallest absolute Gasteiger partial charge is 0.269 e. The van der Waals surface area contributed by atoms with Gasteiger partial charge in [0.05, 0.1) is 6.54 Å². The number of benzene rings is 2. The summed E-state index contributed by atoms with van der Waals surface area (Å²) < 4.78 is 6.01. The summed E-state index contributed by atoms with van der Waals surface area (Å²) in [5.74, 6) is 1.09. The molecular weight excluding hydrogens is 372 g/mol. The fourth-order valence-corrected chi connectivity index (χ4v) is 3.09. The van der Waals surface area contributed by atoms with Crippen molar-refractivity contribution in [1.82, 2.24) is 4.98 Å². The van der Waals surface area contributed by atoms with Crippen molar-refractivity contribution in [2.75, 3.05) is 4.90 Å². The number of carbonyl (C=O) groups is 1. The number of aryl methyl sites for hydroxylation is 1. The monoisotopic (exact) mass is 394 g/mol. The summed E-state index contributed by atoms with van der Waals surface area (Å²) >= 11 is 6.32. The lowest BCUT2D eigenvalue weighted by Gasteiger charge is -2.26. The van der Waals surface area contributed by atoms with Crippen LogP contribution in [-0.2, 0) is 11.3 Å². The van der Waals surface area contributed by atoms with Crippen LogP contribution in [0.4, 0.5) is 5.82 Å². The lowest BCUT2D eigenvalue weighted by atomic mass is 10.1. The molecule has 4 nitrogen and oxygen atoms in total. The number of anilines is 1. The molecule has 0 unspecified atom stereocenters. The van der Waals surface area contributed by atoms with Gasteiger partial charge >= 0.3 is 0 Å². The van der Waals surface area contributed by atoms with Crippen LogP contribution in [0.1, 0.15) is 23.6 Å². The average molecular weight is 395 g/mol. The Balaban J connectivity index is 1.88. The summed E-state index contributed by atoms with van der Waals surface area (Å²) in [7, 11) is 0. The van der Waals surface area contributed by atoms with Crippen molar-refractivity contribution in [3.8, 4) is 5.75 Å². The standard InChI is InChI=1S/C23H23ClN2O2/c1-16-9-8-12-21(17(16)2)28-18(3)23(27)26(22-13-6-7-14-25-22)15-19-10-4-5-11-20(19)24/h4-14,18H,15H2,1-3H3/t18-/m0/s1. The van der Waals surface area contributed by atoms with E-state index in [1.807, 2.05) is 68.4 Å². The molecule has 0 saturated heterocycles. The van der Waals surface area contributed by atoms with Crippen LogP contribution in [0.5, 0.6) is 5.75 Å². The number of ether oxygens (including phenoxy) is 1. The molecule has 0 spiro atoms. The minimum atomic E-state index is -0.676. The first kappa shape index (κ1) is 19.9. The molecule has 0 radical (unpaired) electrons. The van der Waals surface area contributed by atoms with Gasteiger partial charge in [0, 0.05) is 11.2 Å².